The molecule has 1 saturated carbocycles. The van der Waals surface area contributed by atoms with E-state index in [0.29, 0.717) is 0 Å². The van der Waals surface area contributed by atoms with Gasteiger partial charge in [-0.3, -0.25) is 4.79 Å². The molecule has 1 aromatic carbocycles. The Kier molecular flexibility index (Phi) is 3.78. The van der Waals surface area contributed by atoms with Gasteiger partial charge < -0.3 is 10.4 Å². The summed E-state index contributed by atoms with van der Waals surface area (Å²) in [5.41, 5.74) is 0.0191. The minimum absolute atomic E-state index is 0.0432. The highest BCUT2D eigenvalue weighted by Crippen LogP contribution is 2.33. The van der Waals surface area contributed by atoms with Gasteiger partial charge in [0.15, 0.2) is 0 Å². The average molecular weight is 288 g/mol. The van der Waals surface area contributed by atoms with E-state index in [1.54, 1.807) is 0 Å². The second-order valence-electron chi connectivity index (χ2n) is 4.23. The molecule has 1 amide bonds. The van der Waals surface area contributed by atoms with Crippen LogP contribution in [0.2, 0.25) is 10.0 Å². The predicted molar refractivity (Wildman–Crippen MR) is 69.4 cm³/mol. The highest BCUT2D eigenvalue weighted by atomic mass is 35.5. The molecule has 0 radical (unpaired) electrons. The van der Waals surface area contributed by atoms with Gasteiger partial charge in [0.25, 0.3) is 0 Å². The minimum Gasteiger partial charge on any atom is -0.478 e. The van der Waals surface area contributed by atoms with Crippen molar-refractivity contribution >= 4 is 40.8 Å². The van der Waals surface area contributed by atoms with Crippen LogP contribution in [0.4, 0.5) is 5.69 Å². The smallest absolute Gasteiger partial charge is 0.337 e. The largest absolute Gasteiger partial charge is 0.478 e. The van der Waals surface area contributed by atoms with E-state index >= 15 is 0 Å². The second kappa shape index (κ2) is 5.16. The van der Waals surface area contributed by atoms with Gasteiger partial charge in [-0.05, 0) is 25.0 Å². The van der Waals surface area contributed by atoms with Crippen molar-refractivity contribution in [1.29, 1.82) is 0 Å². The topological polar surface area (TPSA) is 66.4 Å². The number of carboxylic acid groups (broad SMARTS) is 1. The summed E-state index contributed by atoms with van der Waals surface area (Å²) < 4.78 is 0. The Morgan fingerprint density at radius 1 is 1.28 bits per heavy atom. The molecule has 0 aromatic heterocycles. The van der Waals surface area contributed by atoms with Gasteiger partial charge in [-0.15, -0.1) is 0 Å². The summed E-state index contributed by atoms with van der Waals surface area (Å²) in [6, 6.07) is 2.68. The van der Waals surface area contributed by atoms with Crippen LogP contribution in [-0.2, 0) is 4.79 Å². The lowest BCUT2D eigenvalue weighted by Crippen LogP contribution is -2.28. The number of rotatable bonds is 3. The van der Waals surface area contributed by atoms with Crippen molar-refractivity contribution in [3.8, 4) is 0 Å². The normalized spacial score (nSPS) is 15.0. The number of carbonyl (C=O) groups excluding carboxylic acids is 1. The molecule has 0 spiro atoms. The van der Waals surface area contributed by atoms with Crippen LogP contribution in [-0.4, -0.2) is 17.0 Å². The van der Waals surface area contributed by atoms with Crippen LogP contribution in [0.5, 0.6) is 0 Å². The predicted octanol–water partition coefficient (Wildman–Crippen LogP) is 3.43. The van der Waals surface area contributed by atoms with Crippen LogP contribution >= 0.6 is 23.2 Å². The van der Waals surface area contributed by atoms with Crippen molar-refractivity contribution in [3.63, 3.8) is 0 Å². The molecule has 0 atom stereocenters. The zero-order valence-electron chi connectivity index (χ0n) is 9.37. The summed E-state index contributed by atoms with van der Waals surface area (Å²) in [5, 5.41) is 12.0. The van der Waals surface area contributed by atoms with Crippen molar-refractivity contribution in [1.82, 2.24) is 0 Å². The van der Waals surface area contributed by atoms with Gasteiger partial charge in [0.2, 0.25) is 5.91 Å². The van der Waals surface area contributed by atoms with Crippen LogP contribution in [0.3, 0.4) is 0 Å². The number of hydrogen-bond acceptors (Lipinski definition) is 2. The lowest BCUT2D eigenvalue weighted by molar-refractivity contribution is -0.122. The molecule has 96 valence electrons. The first-order valence-electron chi connectivity index (χ1n) is 5.52. The molecule has 1 aliphatic rings. The van der Waals surface area contributed by atoms with Crippen LogP contribution in [0.15, 0.2) is 12.1 Å². The summed E-state index contributed by atoms with van der Waals surface area (Å²) >= 11 is 11.7. The second-order valence-corrected chi connectivity index (χ2v) is 5.08. The molecule has 0 heterocycles. The zero-order valence-corrected chi connectivity index (χ0v) is 10.9. The van der Waals surface area contributed by atoms with E-state index in [9.17, 15) is 9.59 Å². The van der Waals surface area contributed by atoms with Crippen molar-refractivity contribution in [3.05, 3.63) is 27.7 Å². The maximum atomic E-state index is 11.8. The van der Waals surface area contributed by atoms with E-state index in [1.807, 2.05) is 0 Å². The van der Waals surface area contributed by atoms with E-state index in [4.69, 9.17) is 28.3 Å². The molecule has 0 aliphatic heterocycles. The average Bonchev–Trinajstić information content (AvgIpc) is 2.18. The third-order valence-electron chi connectivity index (χ3n) is 3.01. The van der Waals surface area contributed by atoms with Gasteiger partial charge in [0, 0.05) is 10.9 Å². The summed E-state index contributed by atoms with van der Waals surface area (Å²) in [4.78, 5) is 22.9. The van der Waals surface area contributed by atoms with Gasteiger partial charge in [-0.2, -0.15) is 0 Å². The van der Waals surface area contributed by atoms with E-state index in [1.165, 1.54) is 12.1 Å². The molecule has 0 bridgehead atoms. The molecule has 2 rings (SSSR count). The molecule has 4 nitrogen and oxygen atoms in total. The SMILES string of the molecule is O=C(O)c1cc(Cl)cc(Cl)c1NC(=O)C1CCC1. The fourth-order valence-corrected chi connectivity index (χ4v) is 2.31. The third kappa shape index (κ3) is 2.60. The van der Waals surface area contributed by atoms with Crippen molar-refractivity contribution in [2.75, 3.05) is 5.32 Å². The zero-order chi connectivity index (χ0) is 13.3. The molecule has 1 fully saturated rings. The lowest BCUT2D eigenvalue weighted by Gasteiger charge is -2.24. The molecule has 18 heavy (non-hydrogen) atoms. The van der Waals surface area contributed by atoms with Gasteiger partial charge in [-0.25, -0.2) is 4.79 Å². The fraction of sp³-hybridized carbons (Fsp3) is 0.333. The lowest BCUT2D eigenvalue weighted by atomic mass is 9.85. The summed E-state index contributed by atoms with van der Waals surface area (Å²) in [6.07, 6.45) is 2.69. The Labute approximate surface area is 114 Å². The first-order valence-corrected chi connectivity index (χ1v) is 6.28. The van der Waals surface area contributed by atoms with Crippen LogP contribution in [0.25, 0.3) is 0 Å². The molecular weight excluding hydrogens is 277 g/mol. The van der Waals surface area contributed by atoms with E-state index in [2.05, 4.69) is 5.32 Å². The number of halogens is 2. The Morgan fingerprint density at radius 3 is 2.44 bits per heavy atom. The summed E-state index contributed by atoms with van der Waals surface area (Å²) in [6.45, 7) is 0. The Bertz CT molecular complexity index is 512. The van der Waals surface area contributed by atoms with Crippen LogP contribution in [0.1, 0.15) is 29.6 Å². The Balaban J connectivity index is 2.30. The van der Waals surface area contributed by atoms with Gasteiger partial charge in [-0.1, -0.05) is 29.6 Å². The first kappa shape index (κ1) is 13.2. The van der Waals surface area contributed by atoms with Crippen LogP contribution in [0, 0.1) is 5.92 Å². The van der Waals surface area contributed by atoms with E-state index in [-0.39, 0.29) is 33.1 Å². The number of hydrogen-bond donors (Lipinski definition) is 2. The third-order valence-corrected chi connectivity index (χ3v) is 3.53. The summed E-state index contributed by atoms with van der Waals surface area (Å²) in [5.74, 6) is -1.41. The molecule has 0 saturated heterocycles. The maximum Gasteiger partial charge on any atom is 0.337 e. The Hall–Kier alpha value is -1.26. The Morgan fingerprint density at radius 2 is 1.94 bits per heavy atom. The summed E-state index contributed by atoms with van der Waals surface area (Å²) in [7, 11) is 0. The number of carboxylic acids is 1. The first-order chi connectivity index (χ1) is 8.49. The van der Waals surface area contributed by atoms with Crippen molar-refractivity contribution < 1.29 is 14.7 Å². The van der Waals surface area contributed by atoms with Gasteiger partial charge in [0.1, 0.15) is 0 Å². The fourth-order valence-electron chi connectivity index (χ4n) is 1.77. The van der Waals surface area contributed by atoms with Crippen LogP contribution < -0.4 is 5.32 Å². The molecule has 1 aliphatic carbocycles. The number of aromatic carboxylic acids is 1. The highest BCUT2D eigenvalue weighted by molar-refractivity contribution is 6.37. The number of carbonyl (C=O) groups is 2. The van der Waals surface area contributed by atoms with Gasteiger partial charge in [0.05, 0.1) is 16.3 Å². The molecule has 1 aromatic rings. The van der Waals surface area contributed by atoms with Crippen molar-refractivity contribution in [2.24, 2.45) is 5.92 Å². The molecule has 6 heteroatoms. The minimum atomic E-state index is -1.18. The maximum absolute atomic E-state index is 11.8. The van der Waals surface area contributed by atoms with Gasteiger partial charge >= 0.3 is 5.97 Å². The number of benzene rings is 1. The van der Waals surface area contributed by atoms with E-state index in [0.717, 1.165) is 19.3 Å². The number of anilines is 1. The monoisotopic (exact) mass is 287 g/mol. The molecule has 0 unspecified atom stereocenters. The highest BCUT2D eigenvalue weighted by Gasteiger charge is 2.27. The number of amides is 1. The number of nitrogens with one attached hydrogen (secondary N) is 1. The molecular formula is C12H11Cl2NO3. The standard InChI is InChI=1S/C12H11Cl2NO3/c13-7-4-8(12(17)18)10(9(14)5-7)15-11(16)6-2-1-3-6/h4-6H,1-3H2,(H,15,16)(H,17,18). The van der Waals surface area contributed by atoms with E-state index < -0.39 is 5.97 Å². The van der Waals surface area contributed by atoms with Crippen molar-refractivity contribution in [2.45, 2.75) is 19.3 Å². The molecule has 2 N–H and O–H groups in total. The quantitative estimate of drug-likeness (QED) is 0.895.